The van der Waals surface area contributed by atoms with Gasteiger partial charge in [-0.3, -0.25) is 9.78 Å². The summed E-state index contributed by atoms with van der Waals surface area (Å²) in [5.41, 5.74) is 2.50. The van der Waals surface area contributed by atoms with E-state index in [1.54, 1.807) is 24.2 Å². The fourth-order valence-electron chi connectivity index (χ4n) is 3.33. The summed E-state index contributed by atoms with van der Waals surface area (Å²) < 4.78 is 0. The van der Waals surface area contributed by atoms with E-state index in [-0.39, 0.29) is 5.91 Å². The van der Waals surface area contributed by atoms with Gasteiger partial charge < -0.3 is 9.80 Å². The molecule has 2 aromatic heterocycles. The molecular weight excluding hydrogens is 334 g/mol. The van der Waals surface area contributed by atoms with E-state index in [0.717, 1.165) is 55.4 Å². The second-order valence-corrected chi connectivity index (χ2v) is 7.42. The number of pyridine rings is 1. The molecule has 1 amide bonds. The molecule has 7 heteroatoms. The molecule has 2 aliphatic rings. The Morgan fingerprint density at radius 2 is 1.88 bits per heavy atom. The first-order valence-corrected chi connectivity index (χ1v) is 9.69. The Morgan fingerprint density at radius 1 is 1.08 bits per heavy atom. The van der Waals surface area contributed by atoms with Gasteiger partial charge in [0.25, 0.3) is 0 Å². The van der Waals surface area contributed by atoms with Crippen molar-refractivity contribution in [2.45, 2.75) is 24.2 Å². The summed E-state index contributed by atoms with van der Waals surface area (Å²) in [5.74, 6) is 1.63. The third-order valence-corrected chi connectivity index (χ3v) is 5.77. The highest BCUT2D eigenvalue weighted by Gasteiger charge is 2.23. The van der Waals surface area contributed by atoms with Crippen molar-refractivity contribution in [3.8, 4) is 0 Å². The van der Waals surface area contributed by atoms with Crippen LogP contribution in [0.3, 0.4) is 0 Å². The standard InChI is InChI=1S/C18H21N5OS/c24-18(13-25-15-4-6-19-7-5-15)23-10-8-22(9-11-23)17-12-14-2-1-3-16(14)20-21-17/h4-7,12H,1-3,8-11,13H2. The highest BCUT2D eigenvalue weighted by molar-refractivity contribution is 8.00. The van der Waals surface area contributed by atoms with Crippen LogP contribution in [0.2, 0.25) is 0 Å². The van der Waals surface area contributed by atoms with Crippen molar-refractivity contribution in [2.24, 2.45) is 0 Å². The fourth-order valence-corrected chi connectivity index (χ4v) is 4.11. The van der Waals surface area contributed by atoms with Gasteiger partial charge in [0.05, 0.1) is 11.4 Å². The van der Waals surface area contributed by atoms with Crippen molar-refractivity contribution in [2.75, 3.05) is 36.8 Å². The van der Waals surface area contributed by atoms with E-state index in [1.165, 1.54) is 12.0 Å². The summed E-state index contributed by atoms with van der Waals surface area (Å²) in [4.78, 5) is 21.7. The first-order valence-electron chi connectivity index (χ1n) is 8.70. The zero-order valence-electron chi connectivity index (χ0n) is 14.1. The SMILES string of the molecule is O=C(CSc1ccncc1)N1CCN(c2cc3c(nn2)CCC3)CC1. The molecule has 2 aromatic rings. The largest absolute Gasteiger partial charge is 0.352 e. The Bertz CT molecular complexity index is 746. The van der Waals surface area contributed by atoms with Gasteiger partial charge in [-0.1, -0.05) is 0 Å². The van der Waals surface area contributed by atoms with Crippen molar-refractivity contribution in [3.05, 3.63) is 41.9 Å². The number of aromatic nitrogens is 3. The van der Waals surface area contributed by atoms with Crippen LogP contribution in [-0.4, -0.2) is 57.9 Å². The van der Waals surface area contributed by atoms with Gasteiger partial charge in [-0.15, -0.1) is 16.9 Å². The maximum atomic E-state index is 12.4. The minimum Gasteiger partial charge on any atom is -0.352 e. The topological polar surface area (TPSA) is 62.2 Å². The molecule has 6 nitrogen and oxygen atoms in total. The lowest BCUT2D eigenvalue weighted by Crippen LogP contribution is -2.49. The number of aryl methyl sites for hydroxylation is 2. The van der Waals surface area contributed by atoms with Crippen molar-refractivity contribution >= 4 is 23.5 Å². The van der Waals surface area contributed by atoms with E-state index in [9.17, 15) is 4.79 Å². The van der Waals surface area contributed by atoms with Gasteiger partial charge in [-0.05, 0) is 43.0 Å². The molecule has 130 valence electrons. The van der Waals surface area contributed by atoms with Gasteiger partial charge in [-0.25, -0.2) is 0 Å². The van der Waals surface area contributed by atoms with Crippen LogP contribution in [0.1, 0.15) is 17.7 Å². The number of thioether (sulfide) groups is 1. The Kier molecular flexibility index (Phi) is 4.83. The number of carbonyl (C=O) groups excluding carboxylic acids is 1. The molecule has 25 heavy (non-hydrogen) atoms. The summed E-state index contributed by atoms with van der Waals surface area (Å²) in [7, 11) is 0. The molecule has 1 fully saturated rings. The smallest absolute Gasteiger partial charge is 0.233 e. The lowest BCUT2D eigenvalue weighted by molar-refractivity contribution is -0.128. The van der Waals surface area contributed by atoms with E-state index < -0.39 is 0 Å². The number of fused-ring (bicyclic) bond motifs is 1. The number of hydrogen-bond donors (Lipinski definition) is 0. The summed E-state index contributed by atoms with van der Waals surface area (Å²) in [6, 6.07) is 6.05. The Hall–Kier alpha value is -2.15. The fraction of sp³-hybridized carbons (Fsp3) is 0.444. The number of carbonyl (C=O) groups is 1. The number of anilines is 1. The second-order valence-electron chi connectivity index (χ2n) is 6.37. The van der Waals surface area contributed by atoms with Crippen LogP contribution in [0.25, 0.3) is 0 Å². The van der Waals surface area contributed by atoms with E-state index in [2.05, 4.69) is 26.1 Å². The molecule has 1 aliphatic carbocycles. The number of hydrogen-bond acceptors (Lipinski definition) is 6. The minimum atomic E-state index is 0.196. The lowest BCUT2D eigenvalue weighted by Gasteiger charge is -2.35. The number of amides is 1. The Labute approximate surface area is 151 Å². The molecule has 0 N–H and O–H groups in total. The summed E-state index contributed by atoms with van der Waals surface area (Å²) >= 11 is 1.57. The Morgan fingerprint density at radius 3 is 2.68 bits per heavy atom. The van der Waals surface area contributed by atoms with Gasteiger partial charge in [0.2, 0.25) is 5.91 Å². The van der Waals surface area contributed by atoms with Gasteiger partial charge >= 0.3 is 0 Å². The van der Waals surface area contributed by atoms with Crippen LogP contribution in [0.4, 0.5) is 5.82 Å². The molecule has 1 saturated heterocycles. The van der Waals surface area contributed by atoms with Crippen LogP contribution < -0.4 is 4.90 Å². The van der Waals surface area contributed by atoms with Gasteiger partial charge in [0.1, 0.15) is 0 Å². The number of rotatable bonds is 4. The third-order valence-electron chi connectivity index (χ3n) is 4.78. The van der Waals surface area contributed by atoms with Crippen molar-refractivity contribution in [1.82, 2.24) is 20.1 Å². The average Bonchev–Trinajstić information content (AvgIpc) is 3.15. The van der Waals surface area contributed by atoms with Gasteiger partial charge in [0, 0.05) is 43.5 Å². The summed E-state index contributed by atoms with van der Waals surface area (Å²) in [5, 5.41) is 8.75. The van der Waals surface area contributed by atoms with Crippen LogP contribution >= 0.6 is 11.8 Å². The van der Waals surface area contributed by atoms with Crippen LogP contribution in [0.15, 0.2) is 35.5 Å². The van der Waals surface area contributed by atoms with Crippen LogP contribution in [0.5, 0.6) is 0 Å². The quantitative estimate of drug-likeness (QED) is 0.780. The molecule has 0 saturated carbocycles. The predicted molar refractivity (Wildman–Crippen MR) is 97.8 cm³/mol. The van der Waals surface area contributed by atoms with Gasteiger partial charge in [0.15, 0.2) is 5.82 Å². The molecule has 1 aliphatic heterocycles. The van der Waals surface area contributed by atoms with Crippen molar-refractivity contribution in [3.63, 3.8) is 0 Å². The third kappa shape index (κ3) is 3.76. The van der Waals surface area contributed by atoms with E-state index in [4.69, 9.17) is 0 Å². The molecule has 0 spiro atoms. The first kappa shape index (κ1) is 16.3. The number of nitrogens with zero attached hydrogens (tertiary/aromatic N) is 5. The zero-order valence-corrected chi connectivity index (χ0v) is 14.9. The van der Waals surface area contributed by atoms with Crippen LogP contribution in [0, 0.1) is 0 Å². The normalized spacial score (nSPS) is 16.8. The first-order chi connectivity index (χ1) is 12.3. The molecule has 0 bridgehead atoms. The summed E-state index contributed by atoms with van der Waals surface area (Å²) in [6.07, 6.45) is 6.86. The maximum absolute atomic E-state index is 12.4. The highest BCUT2D eigenvalue weighted by Crippen LogP contribution is 2.23. The second kappa shape index (κ2) is 7.39. The zero-order chi connectivity index (χ0) is 17.1. The van der Waals surface area contributed by atoms with Crippen molar-refractivity contribution < 1.29 is 4.79 Å². The minimum absolute atomic E-state index is 0.196. The maximum Gasteiger partial charge on any atom is 0.233 e. The van der Waals surface area contributed by atoms with Gasteiger partial charge in [-0.2, -0.15) is 5.10 Å². The van der Waals surface area contributed by atoms with Crippen molar-refractivity contribution in [1.29, 1.82) is 0 Å². The molecule has 0 radical (unpaired) electrons. The molecule has 0 unspecified atom stereocenters. The number of piperazine rings is 1. The molecular formula is C18H21N5OS. The molecule has 4 rings (SSSR count). The van der Waals surface area contributed by atoms with E-state index in [1.807, 2.05) is 17.0 Å². The monoisotopic (exact) mass is 355 g/mol. The molecule has 3 heterocycles. The lowest BCUT2D eigenvalue weighted by atomic mass is 10.2. The van der Waals surface area contributed by atoms with E-state index >= 15 is 0 Å². The highest BCUT2D eigenvalue weighted by atomic mass is 32.2. The average molecular weight is 355 g/mol. The van der Waals surface area contributed by atoms with E-state index in [0.29, 0.717) is 5.75 Å². The summed E-state index contributed by atoms with van der Waals surface area (Å²) in [6.45, 7) is 3.13. The molecule has 0 atom stereocenters. The molecule has 0 aromatic carbocycles. The Balaban J connectivity index is 1.30. The van der Waals surface area contributed by atoms with Crippen LogP contribution in [-0.2, 0) is 17.6 Å². The predicted octanol–water partition coefficient (Wildman–Crippen LogP) is 1.80.